The van der Waals surface area contributed by atoms with Crippen molar-refractivity contribution >= 4 is 40.6 Å². The third kappa shape index (κ3) is 7.35. The molecule has 2 aromatic rings. The minimum absolute atomic E-state index is 0.227. The lowest BCUT2D eigenvalue weighted by atomic mass is 10.1. The molecule has 12 heteroatoms. The molecule has 0 saturated carbocycles. The van der Waals surface area contributed by atoms with Gasteiger partial charge in [-0.25, -0.2) is 15.7 Å². The molecule has 0 bridgehead atoms. The lowest BCUT2D eigenvalue weighted by Gasteiger charge is -2.10. The molecule has 0 unspecified atom stereocenters. The van der Waals surface area contributed by atoms with E-state index in [1.807, 2.05) is 19.1 Å². The summed E-state index contributed by atoms with van der Waals surface area (Å²) in [4.78, 5) is 12.3. The number of oxime groups is 1. The van der Waals surface area contributed by atoms with Crippen molar-refractivity contribution in [1.82, 2.24) is 16.2 Å². The maximum absolute atomic E-state index is 12.3. The van der Waals surface area contributed by atoms with E-state index in [1.165, 1.54) is 0 Å². The summed E-state index contributed by atoms with van der Waals surface area (Å²) in [5.74, 6) is -0.470. The third-order valence-electron chi connectivity index (χ3n) is 4.15. The number of benzene rings is 2. The molecule has 2 amide bonds. The number of anilines is 2. The Bertz CT molecular complexity index is 1030. The smallest absolute Gasteiger partial charge is 0.323 e. The molecule has 0 heterocycles. The van der Waals surface area contributed by atoms with Crippen molar-refractivity contribution in [3.8, 4) is 0 Å². The van der Waals surface area contributed by atoms with Gasteiger partial charge in [0.25, 0.3) is 5.96 Å². The zero-order valence-electron chi connectivity index (χ0n) is 17.5. The molecule has 12 nitrogen and oxygen atoms in total. The molecule has 0 radical (unpaired) electrons. The van der Waals surface area contributed by atoms with Crippen LogP contribution < -0.4 is 32.6 Å². The number of nitrogens with zero attached hydrogens (tertiary/aromatic N) is 2. The molecule has 0 aromatic heterocycles. The van der Waals surface area contributed by atoms with Crippen molar-refractivity contribution in [2.45, 2.75) is 13.8 Å². The van der Waals surface area contributed by atoms with Crippen molar-refractivity contribution in [3.05, 3.63) is 65.9 Å². The molecule has 10 N–H and O–H groups in total. The highest BCUT2D eigenvalue weighted by Gasteiger charge is 2.05. The maximum atomic E-state index is 12.3. The van der Waals surface area contributed by atoms with Gasteiger partial charge in [-0.3, -0.25) is 10.6 Å². The van der Waals surface area contributed by atoms with Gasteiger partial charge in [-0.2, -0.15) is 5.10 Å². The number of nitrogens with one attached hydrogen (secondary N) is 6. The molecular formula is C20H25N9O3. The number of hydrogen-bond donors (Lipinski definition) is 9. The Labute approximate surface area is 184 Å². The minimum atomic E-state index is -0.402. The van der Waals surface area contributed by atoms with Gasteiger partial charge in [-0.1, -0.05) is 24.3 Å². The van der Waals surface area contributed by atoms with Crippen molar-refractivity contribution in [3.63, 3.8) is 0 Å². The van der Waals surface area contributed by atoms with Gasteiger partial charge in [0.2, 0.25) is 5.96 Å². The first-order chi connectivity index (χ1) is 15.3. The van der Waals surface area contributed by atoms with Gasteiger partial charge in [0.1, 0.15) is 0 Å². The Morgan fingerprint density at radius 1 is 1.00 bits per heavy atom. The molecule has 32 heavy (non-hydrogen) atoms. The van der Waals surface area contributed by atoms with Crippen LogP contribution >= 0.6 is 0 Å². The van der Waals surface area contributed by atoms with Crippen LogP contribution in [-0.4, -0.2) is 34.1 Å². The highest BCUT2D eigenvalue weighted by atomic mass is 16.5. The van der Waals surface area contributed by atoms with E-state index in [0.29, 0.717) is 17.1 Å². The number of carbonyl (C=O) groups excluding carboxylic acids is 1. The Hall–Kier alpha value is -4.58. The van der Waals surface area contributed by atoms with Crippen LogP contribution in [0.4, 0.5) is 16.2 Å². The van der Waals surface area contributed by atoms with Gasteiger partial charge in [0.15, 0.2) is 0 Å². The standard InChI is InChI=1S/C20H25N9O3/c1-12(11-23-18(21)28-31)14-3-7-16(8-4-14)24-20(30)25-17-9-5-15(6-10-17)13(2)26-27-19(22)29-32/h3-11,31-32H,1-2H3,(H3,21,23,28)(H3,22,27,29)(H2,24,25,30)/b12-11+,26-13+. The van der Waals surface area contributed by atoms with Crippen LogP contribution in [0.3, 0.4) is 0 Å². The predicted octanol–water partition coefficient (Wildman–Crippen LogP) is 2.21. The van der Waals surface area contributed by atoms with E-state index in [4.69, 9.17) is 21.6 Å². The van der Waals surface area contributed by atoms with Crippen LogP contribution in [0.1, 0.15) is 25.0 Å². The Morgan fingerprint density at radius 3 is 2.03 bits per heavy atom. The lowest BCUT2D eigenvalue weighted by Crippen LogP contribution is -2.30. The van der Waals surface area contributed by atoms with Gasteiger partial charge in [-0.15, -0.1) is 0 Å². The summed E-state index contributed by atoms with van der Waals surface area (Å²) in [6.07, 6.45) is 1.57. The van der Waals surface area contributed by atoms with Gasteiger partial charge in [0.05, 0.1) is 5.71 Å². The van der Waals surface area contributed by atoms with E-state index in [1.54, 1.807) is 55.0 Å². The second-order valence-corrected chi connectivity index (χ2v) is 6.49. The number of rotatable bonds is 6. The van der Waals surface area contributed by atoms with E-state index < -0.39 is 6.03 Å². The summed E-state index contributed by atoms with van der Waals surface area (Å²) in [5, 5.41) is 39.2. The highest BCUT2D eigenvalue weighted by molar-refractivity contribution is 6.02. The summed E-state index contributed by atoms with van der Waals surface area (Å²) in [6, 6.07) is 13.7. The summed E-state index contributed by atoms with van der Waals surface area (Å²) < 4.78 is 0. The molecule has 0 saturated heterocycles. The van der Waals surface area contributed by atoms with E-state index in [0.717, 1.165) is 16.7 Å². The first-order valence-electron chi connectivity index (χ1n) is 9.31. The molecule has 0 aliphatic carbocycles. The number of guanidine groups is 2. The summed E-state index contributed by atoms with van der Waals surface area (Å²) in [5.41, 5.74) is 13.7. The number of allylic oxidation sites excluding steroid dienone is 1. The fraction of sp³-hybridized carbons (Fsp3) is 0.100. The van der Waals surface area contributed by atoms with Crippen molar-refractivity contribution in [2.75, 3.05) is 10.6 Å². The fourth-order valence-electron chi connectivity index (χ4n) is 2.43. The summed E-state index contributed by atoms with van der Waals surface area (Å²) in [6.45, 7) is 3.59. The van der Waals surface area contributed by atoms with Gasteiger partial charge >= 0.3 is 6.03 Å². The summed E-state index contributed by atoms with van der Waals surface area (Å²) >= 11 is 0. The van der Waals surface area contributed by atoms with E-state index in [-0.39, 0.29) is 11.9 Å². The number of hydroxylamine groups is 1. The molecule has 0 spiro atoms. The Kier molecular flexibility index (Phi) is 8.56. The normalized spacial score (nSPS) is 12.0. The van der Waals surface area contributed by atoms with Crippen LogP contribution in [0.5, 0.6) is 0 Å². The van der Waals surface area contributed by atoms with Gasteiger partial charge in [-0.05, 0) is 60.0 Å². The number of carbonyl (C=O) groups is 1. The molecule has 168 valence electrons. The number of urea groups is 1. The van der Waals surface area contributed by atoms with Crippen LogP contribution in [0.2, 0.25) is 0 Å². The second-order valence-electron chi connectivity index (χ2n) is 6.49. The van der Waals surface area contributed by atoms with E-state index >= 15 is 0 Å². The average molecular weight is 439 g/mol. The average Bonchev–Trinajstić information content (AvgIpc) is 2.81. The van der Waals surface area contributed by atoms with Crippen LogP contribution in [0, 0.1) is 5.41 Å². The topological polar surface area (TPSA) is 192 Å². The minimum Gasteiger partial charge on any atom is -0.408 e. The number of nitrogens with two attached hydrogens (primary N) is 1. The highest BCUT2D eigenvalue weighted by Crippen LogP contribution is 2.17. The van der Waals surface area contributed by atoms with Crippen molar-refractivity contribution in [1.29, 1.82) is 5.41 Å². The summed E-state index contributed by atoms with van der Waals surface area (Å²) in [7, 11) is 0. The predicted molar refractivity (Wildman–Crippen MR) is 124 cm³/mol. The molecule has 0 fully saturated rings. The van der Waals surface area contributed by atoms with Crippen LogP contribution in [-0.2, 0) is 0 Å². The van der Waals surface area contributed by atoms with E-state index in [9.17, 15) is 4.79 Å². The monoisotopic (exact) mass is 439 g/mol. The largest absolute Gasteiger partial charge is 0.408 e. The van der Waals surface area contributed by atoms with Gasteiger partial charge < -0.3 is 26.9 Å². The van der Waals surface area contributed by atoms with Gasteiger partial charge in [0, 0.05) is 17.6 Å². The fourth-order valence-corrected chi connectivity index (χ4v) is 2.43. The molecule has 2 aromatic carbocycles. The third-order valence-corrected chi connectivity index (χ3v) is 4.15. The zero-order valence-corrected chi connectivity index (χ0v) is 17.5. The van der Waals surface area contributed by atoms with E-state index in [2.05, 4.69) is 31.6 Å². The molecule has 0 aliphatic rings. The van der Waals surface area contributed by atoms with Crippen LogP contribution in [0.25, 0.3) is 5.57 Å². The SMILES string of the molecule is C/C(=C\NC(=N)NO)c1ccc(NC(=O)Nc2ccc(/C(C)=N/N/C(N)=N/O)cc2)cc1. The second kappa shape index (κ2) is 11.6. The van der Waals surface area contributed by atoms with Crippen molar-refractivity contribution in [2.24, 2.45) is 16.0 Å². The van der Waals surface area contributed by atoms with Crippen LogP contribution in [0.15, 0.2) is 65.0 Å². The molecule has 2 rings (SSSR count). The molecular weight excluding hydrogens is 414 g/mol. The molecule has 0 atom stereocenters. The first-order valence-corrected chi connectivity index (χ1v) is 9.31. The molecule has 0 aliphatic heterocycles. The zero-order chi connectivity index (χ0) is 23.5. The number of hydrogen-bond acceptors (Lipinski definition) is 6. The quantitative estimate of drug-likeness (QED) is 0.142. The lowest BCUT2D eigenvalue weighted by molar-refractivity contribution is 0.230. The number of amides is 2. The maximum Gasteiger partial charge on any atom is 0.323 e. The Morgan fingerprint density at radius 2 is 1.53 bits per heavy atom. The number of hydrazone groups is 1. The van der Waals surface area contributed by atoms with Crippen molar-refractivity contribution < 1.29 is 15.2 Å². The Balaban J connectivity index is 1.93. The first kappa shape index (κ1) is 23.7.